The lowest BCUT2D eigenvalue weighted by atomic mass is 10.1. The lowest BCUT2D eigenvalue weighted by Gasteiger charge is -2.14. The standard InChI is InChI=1S/C12H16F3NO/c1-9(10-2-4-11(13)5-3-10)16-6-7-17-8-12(14)15/h2-5,9,12,16H,6-8H2,1H3. The molecule has 0 saturated heterocycles. The number of hydrogen-bond acceptors (Lipinski definition) is 2. The molecule has 0 aliphatic heterocycles. The van der Waals surface area contributed by atoms with Crippen LogP contribution in [0.4, 0.5) is 13.2 Å². The summed E-state index contributed by atoms with van der Waals surface area (Å²) in [6, 6.07) is 6.19. The van der Waals surface area contributed by atoms with E-state index in [0.717, 1.165) is 5.56 Å². The Morgan fingerprint density at radius 2 is 1.88 bits per heavy atom. The fourth-order valence-corrected chi connectivity index (χ4v) is 1.39. The third-order valence-corrected chi connectivity index (χ3v) is 2.31. The highest BCUT2D eigenvalue weighted by Crippen LogP contribution is 2.12. The molecule has 0 amide bonds. The van der Waals surface area contributed by atoms with Crippen LogP contribution >= 0.6 is 0 Å². The van der Waals surface area contributed by atoms with Gasteiger partial charge in [0.15, 0.2) is 0 Å². The summed E-state index contributed by atoms with van der Waals surface area (Å²) < 4.78 is 40.9. The van der Waals surface area contributed by atoms with Crippen molar-refractivity contribution in [2.75, 3.05) is 19.8 Å². The number of halogens is 3. The van der Waals surface area contributed by atoms with Crippen molar-refractivity contribution in [2.45, 2.75) is 19.4 Å². The fourth-order valence-electron chi connectivity index (χ4n) is 1.39. The first-order valence-corrected chi connectivity index (χ1v) is 5.44. The Balaban J connectivity index is 2.21. The molecule has 0 heterocycles. The fraction of sp³-hybridized carbons (Fsp3) is 0.500. The van der Waals surface area contributed by atoms with E-state index in [-0.39, 0.29) is 18.5 Å². The molecule has 0 radical (unpaired) electrons. The van der Waals surface area contributed by atoms with E-state index in [2.05, 4.69) is 5.32 Å². The van der Waals surface area contributed by atoms with Crippen LogP contribution in [0.3, 0.4) is 0 Å². The Morgan fingerprint density at radius 3 is 2.47 bits per heavy atom. The van der Waals surface area contributed by atoms with Gasteiger partial charge in [0.25, 0.3) is 6.43 Å². The molecule has 1 unspecified atom stereocenters. The van der Waals surface area contributed by atoms with Crippen LogP contribution in [0, 0.1) is 5.82 Å². The average molecular weight is 247 g/mol. The van der Waals surface area contributed by atoms with Crippen molar-refractivity contribution >= 4 is 0 Å². The van der Waals surface area contributed by atoms with Crippen LogP contribution in [-0.4, -0.2) is 26.2 Å². The van der Waals surface area contributed by atoms with Gasteiger partial charge in [-0.2, -0.15) is 0 Å². The van der Waals surface area contributed by atoms with E-state index in [1.54, 1.807) is 12.1 Å². The van der Waals surface area contributed by atoms with Crippen molar-refractivity contribution in [1.82, 2.24) is 5.32 Å². The minimum Gasteiger partial charge on any atom is -0.374 e. The number of nitrogens with one attached hydrogen (secondary N) is 1. The van der Waals surface area contributed by atoms with Gasteiger partial charge >= 0.3 is 0 Å². The van der Waals surface area contributed by atoms with Crippen molar-refractivity contribution < 1.29 is 17.9 Å². The molecule has 1 N–H and O–H groups in total. The van der Waals surface area contributed by atoms with Crippen molar-refractivity contribution in [2.24, 2.45) is 0 Å². The van der Waals surface area contributed by atoms with Crippen LogP contribution in [0.15, 0.2) is 24.3 Å². The van der Waals surface area contributed by atoms with Gasteiger partial charge in [0.05, 0.1) is 6.61 Å². The summed E-state index contributed by atoms with van der Waals surface area (Å²) in [5.41, 5.74) is 0.945. The van der Waals surface area contributed by atoms with Crippen molar-refractivity contribution in [1.29, 1.82) is 0 Å². The molecular weight excluding hydrogens is 231 g/mol. The number of rotatable bonds is 7. The molecule has 5 heteroatoms. The molecule has 1 aromatic rings. The predicted molar refractivity (Wildman–Crippen MR) is 59.6 cm³/mol. The average Bonchev–Trinajstić information content (AvgIpc) is 2.29. The normalized spacial score (nSPS) is 13.0. The second-order valence-corrected chi connectivity index (χ2v) is 3.69. The largest absolute Gasteiger partial charge is 0.374 e. The van der Waals surface area contributed by atoms with E-state index in [1.807, 2.05) is 6.92 Å². The molecule has 0 aliphatic rings. The maximum Gasteiger partial charge on any atom is 0.261 e. The second-order valence-electron chi connectivity index (χ2n) is 3.69. The first-order chi connectivity index (χ1) is 8.09. The minimum atomic E-state index is -2.43. The molecule has 0 spiro atoms. The predicted octanol–water partition coefficient (Wildman–Crippen LogP) is 2.76. The van der Waals surface area contributed by atoms with Crippen molar-refractivity contribution in [3.05, 3.63) is 35.6 Å². The zero-order valence-electron chi connectivity index (χ0n) is 9.63. The van der Waals surface area contributed by atoms with Crippen LogP contribution in [0.1, 0.15) is 18.5 Å². The van der Waals surface area contributed by atoms with Gasteiger partial charge in [-0.1, -0.05) is 12.1 Å². The Morgan fingerprint density at radius 1 is 1.24 bits per heavy atom. The third-order valence-electron chi connectivity index (χ3n) is 2.31. The number of ether oxygens (including phenoxy) is 1. The zero-order chi connectivity index (χ0) is 12.7. The summed E-state index contributed by atoms with van der Waals surface area (Å²) in [6.07, 6.45) is -2.43. The van der Waals surface area contributed by atoms with Gasteiger partial charge in [0, 0.05) is 12.6 Å². The van der Waals surface area contributed by atoms with Gasteiger partial charge in [0.1, 0.15) is 12.4 Å². The van der Waals surface area contributed by atoms with Crippen LogP contribution in [0.25, 0.3) is 0 Å². The van der Waals surface area contributed by atoms with E-state index >= 15 is 0 Å². The van der Waals surface area contributed by atoms with E-state index in [9.17, 15) is 13.2 Å². The third kappa shape index (κ3) is 5.70. The number of hydrogen-bond donors (Lipinski definition) is 1. The smallest absolute Gasteiger partial charge is 0.261 e. The molecule has 96 valence electrons. The van der Waals surface area contributed by atoms with Crippen molar-refractivity contribution in [3.63, 3.8) is 0 Å². The first kappa shape index (κ1) is 14.0. The molecular formula is C12H16F3NO. The summed E-state index contributed by atoms with van der Waals surface area (Å²) in [6.45, 7) is 2.09. The molecule has 0 fully saturated rings. The molecule has 1 atom stereocenters. The summed E-state index contributed by atoms with van der Waals surface area (Å²) in [5.74, 6) is -0.277. The van der Waals surface area contributed by atoms with Gasteiger partial charge in [-0.05, 0) is 24.6 Å². The highest BCUT2D eigenvalue weighted by atomic mass is 19.3. The van der Waals surface area contributed by atoms with Gasteiger partial charge in [-0.25, -0.2) is 13.2 Å². The Kier molecular flexibility index (Phi) is 6.00. The van der Waals surface area contributed by atoms with E-state index in [1.165, 1.54) is 12.1 Å². The van der Waals surface area contributed by atoms with Crippen LogP contribution in [0.5, 0.6) is 0 Å². The Hall–Kier alpha value is -1.07. The molecule has 0 saturated carbocycles. The SMILES string of the molecule is CC(NCCOCC(F)F)c1ccc(F)cc1. The monoisotopic (exact) mass is 247 g/mol. The van der Waals surface area contributed by atoms with E-state index < -0.39 is 13.0 Å². The van der Waals surface area contributed by atoms with E-state index in [0.29, 0.717) is 6.54 Å². The number of alkyl halides is 2. The lowest BCUT2D eigenvalue weighted by Crippen LogP contribution is -2.24. The van der Waals surface area contributed by atoms with Crippen molar-refractivity contribution in [3.8, 4) is 0 Å². The molecule has 1 aromatic carbocycles. The lowest BCUT2D eigenvalue weighted by molar-refractivity contribution is 0.0183. The van der Waals surface area contributed by atoms with Gasteiger partial charge in [-0.3, -0.25) is 0 Å². The van der Waals surface area contributed by atoms with Crippen LogP contribution < -0.4 is 5.32 Å². The zero-order valence-corrected chi connectivity index (χ0v) is 9.63. The first-order valence-electron chi connectivity index (χ1n) is 5.44. The Labute approximate surface area is 98.8 Å². The second kappa shape index (κ2) is 7.29. The summed E-state index contributed by atoms with van der Waals surface area (Å²) in [4.78, 5) is 0. The van der Waals surface area contributed by atoms with Crippen LogP contribution in [0.2, 0.25) is 0 Å². The molecule has 0 aliphatic carbocycles. The molecule has 0 bridgehead atoms. The van der Waals surface area contributed by atoms with Gasteiger partial charge in [-0.15, -0.1) is 0 Å². The highest BCUT2D eigenvalue weighted by molar-refractivity contribution is 5.19. The van der Waals surface area contributed by atoms with Gasteiger partial charge < -0.3 is 10.1 Å². The van der Waals surface area contributed by atoms with Crippen LogP contribution in [-0.2, 0) is 4.74 Å². The number of benzene rings is 1. The maximum absolute atomic E-state index is 12.7. The highest BCUT2D eigenvalue weighted by Gasteiger charge is 2.05. The van der Waals surface area contributed by atoms with E-state index in [4.69, 9.17) is 4.74 Å². The van der Waals surface area contributed by atoms with Gasteiger partial charge in [0.2, 0.25) is 0 Å². The molecule has 2 nitrogen and oxygen atoms in total. The molecule has 0 aromatic heterocycles. The molecule has 17 heavy (non-hydrogen) atoms. The molecule has 1 rings (SSSR count). The minimum absolute atomic E-state index is 0.0331. The quantitative estimate of drug-likeness (QED) is 0.748. The summed E-state index contributed by atoms with van der Waals surface area (Å²) >= 11 is 0. The maximum atomic E-state index is 12.7. The topological polar surface area (TPSA) is 21.3 Å². The summed E-state index contributed by atoms with van der Waals surface area (Å²) in [7, 11) is 0. The Bertz CT molecular complexity index is 316. The summed E-state index contributed by atoms with van der Waals surface area (Å²) in [5, 5.41) is 3.10.